The molecule has 0 fully saturated rings. The highest BCUT2D eigenvalue weighted by Crippen LogP contribution is 2.03. The van der Waals surface area contributed by atoms with Gasteiger partial charge in [0, 0.05) is 19.3 Å². The normalized spacial score (nSPS) is 10.7. The van der Waals surface area contributed by atoms with E-state index in [0.29, 0.717) is 13.1 Å². The summed E-state index contributed by atoms with van der Waals surface area (Å²) >= 11 is 0. The second-order valence-corrected chi connectivity index (χ2v) is 5.20. The van der Waals surface area contributed by atoms with Gasteiger partial charge in [-0.25, -0.2) is 0 Å². The van der Waals surface area contributed by atoms with Crippen LogP contribution < -0.4 is 10.6 Å². The quantitative estimate of drug-likeness (QED) is 0.637. The number of benzene rings is 2. The fourth-order valence-electron chi connectivity index (χ4n) is 2.00. The Bertz CT molecular complexity index is 713. The van der Waals surface area contributed by atoms with Crippen molar-refractivity contribution in [3.63, 3.8) is 0 Å². The van der Waals surface area contributed by atoms with E-state index in [4.69, 9.17) is 5.26 Å². The number of nitrogens with one attached hydrogen (secondary N) is 2. The van der Waals surface area contributed by atoms with Crippen LogP contribution in [-0.2, 0) is 17.9 Å². The summed E-state index contributed by atoms with van der Waals surface area (Å²) in [4.78, 5) is 12.0. The molecule has 0 aromatic heterocycles. The Morgan fingerprint density at radius 2 is 1.70 bits per heavy atom. The van der Waals surface area contributed by atoms with Gasteiger partial charge in [-0.15, -0.1) is 0 Å². The van der Waals surface area contributed by atoms with E-state index in [1.807, 2.05) is 67.6 Å². The number of nitrogens with zero attached hydrogens (tertiary/aromatic N) is 1. The first-order chi connectivity index (χ1) is 11.2. The van der Waals surface area contributed by atoms with Gasteiger partial charge in [-0.3, -0.25) is 4.79 Å². The Labute approximate surface area is 136 Å². The summed E-state index contributed by atoms with van der Waals surface area (Å²) in [5.74, 6) is -0.382. The zero-order chi connectivity index (χ0) is 16.5. The van der Waals surface area contributed by atoms with Crippen molar-refractivity contribution in [3.8, 4) is 6.07 Å². The van der Waals surface area contributed by atoms with Crippen LogP contribution in [0.5, 0.6) is 0 Å². The minimum Gasteiger partial charge on any atom is -0.386 e. The fourth-order valence-corrected chi connectivity index (χ4v) is 2.00. The smallest absolute Gasteiger partial charge is 0.263 e. The maximum atomic E-state index is 12.0. The maximum Gasteiger partial charge on any atom is 0.263 e. The Kier molecular flexibility index (Phi) is 5.96. The monoisotopic (exact) mass is 305 g/mol. The van der Waals surface area contributed by atoms with Gasteiger partial charge >= 0.3 is 0 Å². The predicted octanol–water partition coefficient (Wildman–Crippen LogP) is 2.81. The third-order valence-electron chi connectivity index (χ3n) is 3.33. The van der Waals surface area contributed by atoms with E-state index in [0.717, 1.165) is 11.1 Å². The third-order valence-corrected chi connectivity index (χ3v) is 3.33. The van der Waals surface area contributed by atoms with Crippen molar-refractivity contribution in [1.29, 1.82) is 5.26 Å². The first-order valence-electron chi connectivity index (χ1n) is 7.40. The molecule has 2 aromatic rings. The highest BCUT2D eigenvalue weighted by atomic mass is 16.1. The Hall–Kier alpha value is -3.06. The fraction of sp³-hybridized carbons (Fsp3) is 0.158. The number of hydrogen-bond donors (Lipinski definition) is 2. The van der Waals surface area contributed by atoms with Gasteiger partial charge in [0.2, 0.25) is 0 Å². The largest absolute Gasteiger partial charge is 0.386 e. The average molecular weight is 305 g/mol. The summed E-state index contributed by atoms with van der Waals surface area (Å²) in [6.07, 6.45) is 1.46. The topological polar surface area (TPSA) is 64.9 Å². The van der Waals surface area contributed by atoms with Gasteiger partial charge < -0.3 is 10.6 Å². The van der Waals surface area contributed by atoms with E-state index < -0.39 is 0 Å². The van der Waals surface area contributed by atoms with Crippen LogP contribution in [0.15, 0.2) is 66.4 Å². The number of nitriles is 1. The first-order valence-corrected chi connectivity index (χ1v) is 7.40. The molecule has 2 N–H and O–H groups in total. The lowest BCUT2D eigenvalue weighted by molar-refractivity contribution is -0.117. The SMILES string of the molecule is Cc1ccc(CN/C=C(/C#N)C(=O)NCc2ccccc2)cc1. The third kappa shape index (κ3) is 5.33. The summed E-state index contributed by atoms with van der Waals surface area (Å²) in [5.41, 5.74) is 3.34. The number of hydrogen-bond acceptors (Lipinski definition) is 3. The van der Waals surface area contributed by atoms with E-state index in [-0.39, 0.29) is 11.5 Å². The molecule has 0 radical (unpaired) electrons. The lowest BCUT2D eigenvalue weighted by atomic mass is 10.1. The van der Waals surface area contributed by atoms with Gasteiger partial charge in [-0.2, -0.15) is 5.26 Å². The van der Waals surface area contributed by atoms with Crippen LogP contribution in [0.1, 0.15) is 16.7 Å². The Morgan fingerprint density at radius 3 is 2.35 bits per heavy atom. The van der Waals surface area contributed by atoms with E-state index in [2.05, 4.69) is 10.6 Å². The first kappa shape index (κ1) is 16.3. The van der Waals surface area contributed by atoms with Crippen LogP contribution in [0.25, 0.3) is 0 Å². The number of carbonyl (C=O) groups excluding carboxylic acids is 1. The molecule has 0 bridgehead atoms. The molecule has 0 saturated heterocycles. The van der Waals surface area contributed by atoms with E-state index in [1.165, 1.54) is 11.8 Å². The van der Waals surface area contributed by atoms with Crippen molar-refractivity contribution >= 4 is 5.91 Å². The molecule has 0 aliphatic rings. The molecule has 2 aromatic carbocycles. The Balaban J connectivity index is 1.86. The highest BCUT2D eigenvalue weighted by Gasteiger charge is 2.07. The molecule has 4 heteroatoms. The van der Waals surface area contributed by atoms with Gasteiger partial charge in [0.1, 0.15) is 11.6 Å². The van der Waals surface area contributed by atoms with Crippen molar-refractivity contribution in [2.75, 3.05) is 0 Å². The van der Waals surface area contributed by atoms with E-state index in [1.54, 1.807) is 0 Å². The Morgan fingerprint density at radius 1 is 1.04 bits per heavy atom. The van der Waals surface area contributed by atoms with Crippen molar-refractivity contribution in [2.45, 2.75) is 20.0 Å². The molecular formula is C19H19N3O. The van der Waals surface area contributed by atoms with Crippen LogP contribution in [0.3, 0.4) is 0 Å². The van der Waals surface area contributed by atoms with Crippen LogP contribution in [0, 0.1) is 18.3 Å². The van der Waals surface area contributed by atoms with Crippen molar-refractivity contribution in [1.82, 2.24) is 10.6 Å². The molecule has 116 valence electrons. The molecule has 0 heterocycles. The molecule has 2 rings (SSSR count). The minimum atomic E-state index is -0.382. The average Bonchev–Trinajstić information content (AvgIpc) is 2.59. The molecule has 4 nitrogen and oxygen atoms in total. The zero-order valence-electron chi connectivity index (χ0n) is 13.0. The number of rotatable bonds is 6. The summed E-state index contributed by atoms with van der Waals surface area (Å²) < 4.78 is 0. The lowest BCUT2D eigenvalue weighted by Gasteiger charge is -2.06. The van der Waals surface area contributed by atoms with Crippen molar-refractivity contribution in [2.24, 2.45) is 0 Å². The van der Waals surface area contributed by atoms with Crippen molar-refractivity contribution in [3.05, 3.63) is 83.1 Å². The van der Waals surface area contributed by atoms with E-state index in [9.17, 15) is 4.79 Å². The zero-order valence-corrected chi connectivity index (χ0v) is 13.0. The molecule has 1 amide bonds. The summed E-state index contributed by atoms with van der Waals surface area (Å²) in [5, 5.41) is 14.9. The second kappa shape index (κ2) is 8.40. The van der Waals surface area contributed by atoms with Gasteiger partial charge in [-0.1, -0.05) is 60.2 Å². The summed E-state index contributed by atoms with van der Waals surface area (Å²) in [6.45, 7) is 3.00. The number of amides is 1. The molecule has 0 saturated carbocycles. The van der Waals surface area contributed by atoms with Crippen LogP contribution >= 0.6 is 0 Å². The van der Waals surface area contributed by atoms with Crippen molar-refractivity contribution < 1.29 is 4.79 Å². The summed E-state index contributed by atoms with van der Waals surface area (Å²) in [6, 6.07) is 19.6. The number of aryl methyl sites for hydroxylation is 1. The van der Waals surface area contributed by atoms with Gasteiger partial charge in [0.25, 0.3) is 5.91 Å². The number of carbonyl (C=O) groups is 1. The minimum absolute atomic E-state index is 0.0630. The lowest BCUT2D eigenvalue weighted by Crippen LogP contribution is -2.25. The van der Waals surface area contributed by atoms with Crippen LogP contribution in [-0.4, -0.2) is 5.91 Å². The highest BCUT2D eigenvalue weighted by molar-refractivity contribution is 5.97. The molecule has 23 heavy (non-hydrogen) atoms. The molecule has 0 aliphatic carbocycles. The van der Waals surface area contributed by atoms with Gasteiger partial charge in [0.15, 0.2) is 0 Å². The molecular weight excluding hydrogens is 286 g/mol. The molecule has 0 atom stereocenters. The molecule has 0 unspecified atom stereocenters. The van der Waals surface area contributed by atoms with Gasteiger partial charge in [-0.05, 0) is 18.1 Å². The summed E-state index contributed by atoms with van der Waals surface area (Å²) in [7, 11) is 0. The molecule has 0 aliphatic heterocycles. The molecule has 0 spiro atoms. The standard InChI is InChI=1S/C19H19N3O/c1-15-7-9-17(10-8-15)12-21-14-18(11-20)19(23)22-13-16-5-3-2-4-6-16/h2-10,14,21H,12-13H2,1H3,(H,22,23)/b18-14-. The maximum absolute atomic E-state index is 12.0. The van der Waals surface area contributed by atoms with E-state index >= 15 is 0 Å². The second-order valence-electron chi connectivity index (χ2n) is 5.20. The van der Waals surface area contributed by atoms with Crippen LogP contribution in [0.4, 0.5) is 0 Å². The van der Waals surface area contributed by atoms with Gasteiger partial charge in [0.05, 0.1) is 0 Å². The predicted molar refractivity (Wildman–Crippen MR) is 90.0 cm³/mol. The van der Waals surface area contributed by atoms with Crippen LogP contribution in [0.2, 0.25) is 0 Å².